The molecule has 0 aliphatic carbocycles. The van der Waals surface area contributed by atoms with Gasteiger partial charge in [-0.05, 0) is 58.1 Å². The molecule has 2 bridgehead atoms. The molecule has 7 nitrogen and oxygen atoms in total. The van der Waals surface area contributed by atoms with E-state index in [0.29, 0.717) is 43.7 Å². The van der Waals surface area contributed by atoms with Gasteiger partial charge in [0.05, 0.1) is 19.3 Å². The summed E-state index contributed by atoms with van der Waals surface area (Å²) < 4.78 is 7.82. The molecule has 3 aliphatic heterocycles. The number of thiophene rings is 1. The fourth-order valence-corrected chi connectivity index (χ4v) is 7.20. The first kappa shape index (κ1) is 24.7. The fraction of sp³-hybridized carbons (Fsp3) is 0.667. The number of nitrogens with zero attached hydrogens (tertiary/aromatic N) is 4. The molecule has 8 heteroatoms. The van der Waals surface area contributed by atoms with Crippen LogP contribution in [0.25, 0.3) is 0 Å². The number of hydrogen-bond donors (Lipinski definition) is 1. The molecule has 1 amide bonds. The molecule has 3 aliphatic rings. The third-order valence-electron chi connectivity index (χ3n) is 7.97. The lowest BCUT2D eigenvalue weighted by atomic mass is 9.95. The average Bonchev–Trinajstić information content (AvgIpc) is 3.52. The number of amides is 1. The zero-order valence-corrected chi connectivity index (χ0v) is 22.3. The van der Waals surface area contributed by atoms with Gasteiger partial charge in [-0.2, -0.15) is 0 Å². The lowest BCUT2D eigenvalue weighted by molar-refractivity contribution is -0.118. The summed E-state index contributed by atoms with van der Waals surface area (Å²) in [5.74, 6) is 2.62. The van der Waals surface area contributed by atoms with Crippen molar-refractivity contribution in [2.45, 2.75) is 96.3 Å². The van der Waals surface area contributed by atoms with Crippen molar-refractivity contribution in [3.05, 3.63) is 45.2 Å². The molecule has 35 heavy (non-hydrogen) atoms. The smallest absolute Gasteiger partial charge is 0.247 e. The molecule has 0 spiro atoms. The molecule has 190 valence electrons. The van der Waals surface area contributed by atoms with Crippen molar-refractivity contribution < 1.29 is 9.53 Å². The highest BCUT2D eigenvalue weighted by molar-refractivity contribution is 7.12. The lowest BCUT2D eigenvalue weighted by Gasteiger charge is -2.40. The van der Waals surface area contributed by atoms with Crippen LogP contribution in [0.1, 0.15) is 91.8 Å². The van der Waals surface area contributed by atoms with E-state index in [-0.39, 0.29) is 11.9 Å². The SMILES string of the molecule is Cc1ccc([C@H](CCN2[C@@H]3CC[C@H]2CC(n2c(C)nnc2C(C)C)C3)NC(=O)C2=CCOCC2)s1. The number of aryl methyl sites for hydroxylation is 2. The lowest BCUT2D eigenvalue weighted by Crippen LogP contribution is -2.45. The number of carbonyl (C=O) groups excluding carboxylic acids is 1. The fourth-order valence-electron chi connectivity index (χ4n) is 6.24. The molecule has 2 aromatic rings. The van der Waals surface area contributed by atoms with Crippen molar-refractivity contribution in [3.63, 3.8) is 0 Å². The molecule has 0 aromatic carbocycles. The monoisotopic (exact) mass is 497 g/mol. The summed E-state index contributed by atoms with van der Waals surface area (Å²) in [6, 6.07) is 6.09. The van der Waals surface area contributed by atoms with Crippen LogP contribution in [-0.2, 0) is 9.53 Å². The second-order valence-electron chi connectivity index (χ2n) is 10.7. The molecule has 1 unspecified atom stereocenters. The van der Waals surface area contributed by atoms with Crippen molar-refractivity contribution in [1.82, 2.24) is 25.0 Å². The Hall–Kier alpha value is -2.03. The van der Waals surface area contributed by atoms with Gasteiger partial charge in [0.25, 0.3) is 0 Å². The topological polar surface area (TPSA) is 72.3 Å². The predicted molar refractivity (Wildman–Crippen MR) is 139 cm³/mol. The minimum atomic E-state index is 0.0507. The van der Waals surface area contributed by atoms with Crippen molar-refractivity contribution in [1.29, 1.82) is 0 Å². The van der Waals surface area contributed by atoms with Gasteiger partial charge in [-0.1, -0.05) is 19.9 Å². The van der Waals surface area contributed by atoms with Crippen LogP contribution < -0.4 is 5.32 Å². The number of nitrogens with one attached hydrogen (secondary N) is 1. The number of ether oxygens (including phenoxy) is 1. The van der Waals surface area contributed by atoms with E-state index in [2.05, 4.69) is 64.8 Å². The first-order valence-electron chi connectivity index (χ1n) is 13.2. The largest absolute Gasteiger partial charge is 0.377 e. The third kappa shape index (κ3) is 5.25. The maximum absolute atomic E-state index is 13.0. The Balaban J connectivity index is 1.26. The number of hydrogen-bond acceptors (Lipinski definition) is 6. The van der Waals surface area contributed by atoms with Crippen LogP contribution in [0.4, 0.5) is 0 Å². The number of piperidine rings is 1. The van der Waals surface area contributed by atoms with E-state index in [1.54, 1.807) is 11.3 Å². The Kier molecular flexibility index (Phi) is 7.42. The summed E-state index contributed by atoms with van der Waals surface area (Å²) in [7, 11) is 0. The number of fused-ring (bicyclic) bond motifs is 2. The zero-order chi connectivity index (χ0) is 24.5. The molecule has 0 saturated carbocycles. The van der Waals surface area contributed by atoms with Gasteiger partial charge in [0.2, 0.25) is 5.91 Å². The molecular formula is C27H39N5O2S. The van der Waals surface area contributed by atoms with Crippen molar-refractivity contribution >= 4 is 17.2 Å². The first-order valence-corrected chi connectivity index (χ1v) is 14.0. The summed E-state index contributed by atoms with van der Waals surface area (Å²) >= 11 is 1.80. The Morgan fingerprint density at radius 3 is 2.57 bits per heavy atom. The highest BCUT2D eigenvalue weighted by Crippen LogP contribution is 2.42. The van der Waals surface area contributed by atoms with Gasteiger partial charge in [0, 0.05) is 52.3 Å². The minimum Gasteiger partial charge on any atom is -0.377 e. The molecule has 5 rings (SSSR count). The standard InChI is InChI=1S/C27H39N5O2S/c1-17(2)26-30-29-19(4)32(26)23-15-21-6-7-22(16-23)31(21)12-9-24(25-8-5-18(3)35-25)28-27(33)20-10-13-34-14-11-20/h5,8,10,17,21-24H,6-7,9,11-16H2,1-4H3,(H,28,33)/t21-,22+,23?,24-/m0/s1. The highest BCUT2D eigenvalue weighted by atomic mass is 32.1. The Morgan fingerprint density at radius 1 is 1.17 bits per heavy atom. The van der Waals surface area contributed by atoms with Gasteiger partial charge >= 0.3 is 0 Å². The first-order chi connectivity index (χ1) is 16.9. The van der Waals surface area contributed by atoms with Crippen LogP contribution >= 0.6 is 11.3 Å². The highest BCUT2D eigenvalue weighted by Gasteiger charge is 2.42. The number of rotatable bonds is 8. The van der Waals surface area contributed by atoms with Gasteiger partial charge in [-0.3, -0.25) is 9.69 Å². The molecule has 2 saturated heterocycles. The second kappa shape index (κ2) is 10.5. The van der Waals surface area contributed by atoms with Gasteiger partial charge in [-0.25, -0.2) is 0 Å². The summed E-state index contributed by atoms with van der Waals surface area (Å²) in [4.78, 5) is 18.3. The molecular weight excluding hydrogens is 458 g/mol. The van der Waals surface area contributed by atoms with E-state index in [4.69, 9.17) is 4.74 Å². The predicted octanol–water partition coefficient (Wildman–Crippen LogP) is 4.84. The van der Waals surface area contributed by atoms with E-state index in [1.807, 2.05) is 6.08 Å². The van der Waals surface area contributed by atoms with Crippen LogP contribution in [0, 0.1) is 13.8 Å². The van der Waals surface area contributed by atoms with Crippen LogP contribution in [0.15, 0.2) is 23.8 Å². The quantitative estimate of drug-likeness (QED) is 0.565. The van der Waals surface area contributed by atoms with Crippen LogP contribution in [0.5, 0.6) is 0 Å². The number of aromatic nitrogens is 3. The molecule has 0 radical (unpaired) electrons. The van der Waals surface area contributed by atoms with Crippen LogP contribution in [0.3, 0.4) is 0 Å². The van der Waals surface area contributed by atoms with Crippen molar-refractivity contribution in [2.75, 3.05) is 19.8 Å². The van der Waals surface area contributed by atoms with Gasteiger partial charge < -0.3 is 14.6 Å². The molecule has 4 atom stereocenters. The Morgan fingerprint density at radius 2 is 1.94 bits per heavy atom. The van der Waals surface area contributed by atoms with E-state index in [9.17, 15) is 4.79 Å². The molecule has 5 heterocycles. The van der Waals surface area contributed by atoms with E-state index >= 15 is 0 Å². The van der Waals surface area contributed by atoms with Gasteiger partial charge in [0.1, 0.15) is 11.6 Å². The Bertz CT molecular complexity index is 1060. The van der Waals surface area contributed by atoms with Gasteiger partial charge in [0.15, 0.2) is 0 Å². The van der Waals surface area contributed by atoms with Crippen molar-refractivity contribution in [3.8, 4) is 0 Å². The normalized spacial score (nSPS) is 25.6. The van der Waals surface area contributed by atoms with Crippen molar-refractivity contribution in [2.24, 2.45) is 0 Å². The molecule has 2 aromatic heterocycles. The second-order valence-corrected chi connectivity index (χ2v) is 12.0. The van der Waals surface area contributed by atoms with E-state index in [1.165, 1.54) is 22.6 Å². The maximum atomic E-state index is 13.0. The molecule has 2 fully saturated rings. The zero-order valence-electron chi connectivity index (χ0n) is 21.5. The van der Waals surface area contributed by atoms with E-state index in [0.717, 1.165) is 43.0 Å². The Labute approximate surface area is 212 Å². The van der Waals surface area contributed by atoms with Crippen LogP contribution in [-0.4, -0.2) is 57.4 Å². The van der Waals surface area contributed by atoms with E-state index < -0.39 is 0 Å². The van der Waals surface area contributed by atoms with Gasteiger partial charge in [-0.15, -0.1) is 21.5 Å². The average molecular weight is 498 g/mol. The summed E-state index contributed by atoms with van der Waals surface area (Å²) in [6.45, 7) is 10.8. The minimum absolute atomic E-state index is 0.0507. The summed E-state index contributed by atoms with van der Waals surface area (Å²) in [5, 5.41) is 12.3. The van der Waals surface area contributed by atoms with Crippen LogP contribution in [0.2, 0.25) is 0 Å². The maximum Gasteiger partial charge on any atom is 0.247 e. The molecule has 1 N–H and O–H groups in total. The number of carbonyl (C=O) groups is 1. The summed E-state index contributed by atoms with van der Waals surface area (Å²) in [6.07, 6.45) is 8.42. The summed E-state index contributed by atoms with van der Waals surface area (Å²) in [5.41, 5.74) is 0.862. The third-order valence-corrected chi connectivity index (χ3v) is 9.09.